The number of carboxylic acid groups (broad SMARTS) is 1. The van der Waals surface area contributed by atoms with Crippen molar-refractivity contribution >= 4 is 5.97 Å². The summed E-state index contributed by atoms with van der Waals surface area (Å²) < 4.78 is 0. The van der Waals surface area contributed by atoms with Crippen LogP contribution < -0.4 is 0 Å². The van der Waals surface area contributed by atoms with E-state index in [0.29, 0.717) is 25.7 Å². The standard InChI is InChI=1S/C20H34O5/c1-2-3-6-9-15(21)12-13-17-16(18(22)14-19(17)23)10-7-4-5-8-11-20(24)25/h4,7,12-13,15-19,21-23H,2-3,5-6,8-11,14H2,1H3,(H,24,25)/t15-,16+,17-,18-,19+/m0/s1. The van der Waals surface area contributed by atoms with Crippen molar-refractivity contribution in [2.75, 3.05) is 0 Å². The molecule has 4 N–H and O–H groups in total. The number of allylic oxidation sites excluding steroid dienone is 2. The van der Waals surface area contributed by atoms with Gasteiger partial charge in [-0.05, 0) is 31.6 Å². The first-order valence-electron chi connectivity index (χ1n) is 9.55. The number of rotatable bonds is 12. The van der Waals surface area contributed by atoms with E-state index < -0.39 is 24.3 Å². The lowest BCUT2D eigenvalue weighted by Gasteiger charge is -2.19. The van der Waals surface area contributed by atoms with Crippen LogP contribution in [0.5, 0.6) is 0 Å². The van der Waals surface area contributed by atoms with Crippen LogP contribution in [0, 0.1) is 11.8 Å². The summed E-state index contributed by atoms with van der Waals surface area (Å²) in [5, 5.41) is 39.0. The Balaban J connectivity index is 2.46. The summed E-state index contributed by atoms with van der Waals surface area (Å²) in [5.41, 5.74) is 0. The quantitative estimate of drug-likeness (QED) is 0.319. The molecule has 1 aliphatic carbocycles. The van der Waals surface area contributed by atoms with Gasteiger partial charge < -0.3 is 20.4 Å². The molecule has 0 aliphatic heterocycles. The molecule has 1 rings (SSSR count). The lowest BCUT2D eigenvalue weighted by molar-refractivity contribution is -0.137. The Bertz CT molecular complexity index is 432. The molecule has 0 heterocycles. The van der Waals surface area contributed by atoms with Crippen molar-refractivity contribution in [1.29, 1.82) is 0 Å². The maximum Gasteiger partial charge on any atom is 0.303 e. The lowest BCUT2D eigenvalue weighted by Crippen LogP contribution is -2.20. The predicted octanol–water partition coefficient (Wildman–Crippen LogP) is 3.04. The minimum atomic E-state index is -0.787. The maximum absolute atomic E-state index is 10.5. The molecule has 1 saturated carbocycles. The smallest absolute Gasteiger partial charge is 0.303 e. The van der Waals surface area contributed by atoms with Gasteiger partial charge in [-0.15, -0.1) is 0 Å². The normalized spacial score (nSPS) is 28.2. The summed E-state index contributed by atoms with van der Waals surface area (Å²) in [4.78, 5) is 10.5. The van der Waals surface area contributed by atoms with Gasteiger partial charge in [0.05, 0.1) is 18.3 Å². The lowest BCUT2D eigenvalue weighted by atomic mass is 9.89. The zero-order chi connectivity index (χ0) is 18.7. The van der Waals surface area contributed by atoms with Gasteiger partial charge in [0.1, 0.15) is 0 Å². The van der Waals surface area contributed by atoms with Crippen LogP contribution in [0.1, 0.15) is 64.7 Å². The van der Waals surface area contributed by atoms with E-state index >= 15 is 0 Å². The molecule has 5 heteroatoms. The zero-order valence-electron chi connectivity index (χ0n) is 15.3. The van der Waals surface area contributed by atoms with E-state index in [4.69, 9.17) is 5.11 Å². The van der Waals surface area contributed by atoms with Gasteiger partial charge >= 0.3 is 5.97 Å². The van der Waals surface area contributed by atoms with E-state index in [1.165, 1.54) is 0 Å². The third-order valence-electron chi connectivity index (χ3n) is 4.91. The fourth-order valence-corrected chi connectivity index (χ4v) is 3.41. The Labute approximate surface area is 151 Å². The first-order valence-corrected chi connectivity index (χ1v) is 9.55. The van der Waals surface area contributed by atoms with Crippen LogP contribution in [-0.2, 0) is 4.79 Å². The molecule has 0 amide bonds. The highest BCUT2D eigenvalue weighted by atomic mass is 16.4. The molecule has 0 aromatic carbocycles. The molecule has 0 aromatic rings. The van der Waals surface area contributed by atoms with Crippen LogP contribution in [-0.4, -0.2) is 44.7 Å². The van der Waals surface area contributed by atoms with Gasteiger partial charge in [0, 0.05) is 18.8 Å². The van der Waals surface area contributed by atoms with E-state index in [1.807, 2.05) is 18.2 Å². The largest absolute Gasteiger partial charge is 0.481 e. The molecular weight excluding hydrogens is 320 g/mol. The Hall–Kier alpha value is -1.17. The first kappa shape index (κ1) is 21.9. The topological polar surface area (TPSA) is 98.0 Å². The van der Waals surface area contributed by atoms with Crippen LogP contribution in [0.25, 0.3) is 0 Å². The molecule has 144 valence electrons. The molecule has 1 aliphatic rings. The Kier molecular flexibility index (Phi) is 10.7. The molecule has 0 spiro atoms. The second-order valence-corrected chi connectivity index (χ2v) is 7.05. The van der Waals surface area contributed by atoms with E-state index in [-0.39, 0.29) is 18.3 Å². The van der Waals surface area contributed by atoms with Crippen molar-refractivity contribution in [3.05, 3.63) is 24.3 Å². The van der Waals surface area contributed by atoms with E-state index in [9.17, 15) is 20.1 Å². The summed E-state index contributed by atoms with van der Waals surface area (Å²) in [5.74, 6) is -1.00. The molecule has 0 radical (unpaired) electrons. The molecule has 5 atom stereocenters. The Morgan fingerprint density at radius 3 is 2.60 bits per heavy atom. The number of carboxylic acids is 1. The van der Waals surface area contributed by atoms with Crippen molar-refractivity contribution in [3.63, 3.8) is 0 Å². The summed E-state index contributed by atoms with van der Waals surface area (Å²) in [7, 11) is 0. The van der Waals surface area contributed by atoms with Gasteiger partial charge in [-0.1, -0.05) is 50.5 Å². The molecule has 0 saturated heterocycles. The number of aliphatic carboxylic acids is 1. The van der Waals surface area contributed by atoms with Crippen LogP contribution >= 0.6 is 0 Å². The van der Waals surface area contributed by atoms with Crippen LogP contribution in [0.3, 0.4) is 0 Å². The third-order valence-corrected chi connectivity index (χ3v) is 4.91. The number of hydrogen-bond acceptors (Lipinski definition) is 4. The van der Waals surface area contributed by atoms with Gasteiger partial charge in [-0.3, -0.25) is 4.79 Å². The summed E-state index contributed by atoms with van der Waals surface area (Å²) >= 11 is 0. The van der Waals surface area contributed by atoms with Gasteiger partial charge in [-0.2, -0.15) is 0 Å². The molecule has 0 bridgehead atoms. The van der Waals surface area contributed by atoms with Crippen LogP contribution in [0.4, 0.5) is 0 Å². The molecule has 25 heavy (non-hydrogen) atoms. The number of unbranched alkanes of at least 4 members (excludes halogenated alkanes) is 3. The fraction of sp³-hybridized carbons (Fsp3) is 0.750. The van der Waals surface area contributed by atoms with Crippen LogP contribution in [0.15, 0.2) is 24.3 Å². The average Bonchev–Trinajstić information content (AvgIpc) is 2.82. The second-order valence-electron chi connectivity index (χ2n) is 7.05. The summed E-state index contributed by atoms with van der Waals surface area (Å²) in [6.07, 6.45) is 12.3. The highest BCUT2D eigenvalue weighted by Gasteiger charge is 2.39. The Morgan fingerprint density at radius 2 is 1.92 bits per heavy atom. The number of hydrogen-bond donors (Lipinski definition) is 4. The van der Waals surface area contributed by atoms with Gasteiger partial charge in [-0.25, -0.2) is 0 Å². The molecular formula is C20H34O5. The van der Waals surface area contributed by atoms with Crippen molar-refractivity contribution in [1.82, 2.24) is 0 Å². The molecule has 0 aromatic heterocycles. The fourth-order valence-electron chi connectivity index (χ4n) is 3.41. The van der Waals surface area contributed by atoms with E-state index in [2.05, 4.69) is 6.92 Å². The minimum Gasteiger partial charge on any atom is -0.481 e. The highest BCUT2D eigenvalue weighted by Crippen LogP contribution is 2.36. The number of aliphatic hydroxyl groups is 3. The molecule has 0 unspecified atom stereocenters. The average molecular weight is 354 g/mol. The second kappa shape index (κ2) is 12.2. The van der Waals surface area contributed by atoms with Crippen LogP contribution in [0.2, 0.25) is 0 Å². The summed E-state index contributed by atoms with van der Waals surface area (Å²) in [6, 6.07) is 0. The van der Waals surface area contributed by atoms with Gasteiger partial charge in [0.15, 0.2) is 0 Å². The number of carbonyl (C=O) groups is 1. The SMILES string of the molecule is CCCCC[C@H](O)C=C[C@H]1[C@@H](CC=CCCCC(=O)O)[C@@H](O)C[C@H]1O. The summed E-state index contributed by atoms with van der Waals surface area (Å²) in [6.45, 7) is 2.12. The van der Waals surface area contributed by atoms with Crippen molar-refractivity contribution in [3.8, 4) is 0 Å². The Morgan fingerprint density at radius 1 is 1.16 bits per heavy atom. The van der Waals surface area contributed by atoms with Gasteiger partial charge in [0.25, 0.3) is 0 Å². The monoisotopic (exact) mass is 354 g/mol. The molecule has 1 fully saturated rings. The zero-order valence-corrected chi connectivity index (χ0v) is 15.3. The van der Waals surface area contributed by atoms with E-state index in [0.717, 1.165) is 25.7 Å². The van der Waals surface area contributed by atoms with Crippen molar-refractivity contribution in [2.24, 2.45) is 11.8 Å². The number of aliphatic hydroxyl groups excluding tert-OH is 3. The van der Waals surface area contributed by atoms with Gasteiger partial charge in [0.2, 0.25) is 0 Å². The minimum absolute atomic E-state index is 0.0650. The van der Waals surface area contributed by atoms with Crippen molar-refractivity contribution < 1.29 is 25.2 Å². The van der Waals surface area contributed by atoms with E-state index in [1.54, 1.807) is 6.08 Å². The molecule has 5 nitrogen and oxygen atoms in total. The highest BCUT2D eigenvalue weighted by molar-refractivity contribution is 5.66. The predicted molar refractivity (Wildman–Crippen MR) is 98.1 cm³/mol. The third kappa shape index (κ3) is 8.66. The van der Waals surface area contributed by atoms with Crippen molar-refractivity contribution in [2.45, 2.75) is 83.0 Å². The maximum atomic E-state index is 10.5. The first-order chi connectivity index (χ1) is 12.0.